The van der Waals surface area contributed by atoms with Crippen molar-refractivity contribution < 1.29 is 15.0 Å². The molecule has 3 aromatic rings. The maximum Gasteiger partial charge on any atom is 0.262 e. The van der Waals surface area contributed by atoms with Crippen molar-refractivity contribution in [3.63, 3.8) is 0 Å². The second kappa shape index (κ2) is 7.00. The lowest BCUT2D eigenvalue weighted by Crippen LogP contribution is -2.42. The molecule has 5 nitrogen and oxygen atoms in total. The van der Waals surface area contributed by atoms with Crippen LogP contribution in [0.4, 0.5) is 5.69 Å². The fourth-order valence-electron chi connectivity index (χ4n) is 3.83. The lowest BCUT2D eigenvalue weighted by molar-refractivity contribution is 0.0972. The number of aromatic nitrogens is 1. The standard InChI is InChI=1S/C23H22N2O3/c1-14-4-3-11-24-22(14)17-7-10-20-16(12-17)6-5-15(2)25(20)23(28)19-9-8-18(26)13-21(19)27/h3-4,7-13,15,26-27H,5-6H2,1-2H3. The van der Waals surface area contributed by atoms with E-state index in [4.69, 9.17) is 0 Å². The van der Waals surface area contributed by atoms with Crippen LogP contribution in [0, 0.1) is 6.92 Å². The zero-order valence-corrected chi connectivity index (χ0v) is 15.9. The van der Waals surface area contributed by atoms with Crippen LogP contribution in [0.1, 0.15) is 34.8 Å². The van der Waals surface area contributed by atoms with E-state index >= 15 is 0 Å². The maximum absolute atomic E-state index is 13.2. The molecule has 5 heteroatoms. The number of carbonyl (C=O) groups excluding carboxylic acids is 1. The Morgan fingerprint density at radius 2 is 1.96 bits per heavy atom. The van der Waals surface area contributed by atoms with Gasteiger partial charge in [-0.05, 0) is 68.1 Å². The highest BCUT2D eigenvalue weighted by atomic mass is 16.3. The van der Waals surface area contributed by atoms with Crippen LogP contribution in [-0.4, -0.2) is 27.1 Å². The fraction of sp³-hybridized carbons (Fsp3) is 0.217. The summed E-state index contributed by atoms with van der Waals surface area (Å²) in [5.74, 6) is -0.561. The topological polar surface area (TPSA) is 73.7 Å². The molecule has 142 valence electrons. The highest BCUT2D eigenvalue weighted by Gasteiger charge is 2.30. The van der Waals surface area contributed by atoms with Crippen LogP contribution < -0.4 is 4.90 Å². The van der Waals surface area contributed by atoms with E-state index < -0.39 is 0 Å². The van der Waals surface area contributed by atoms with Crippen LogP contribution in [0.5, 0.6) is 11.5 Å². The number of anilines is 1. The first kappa shape index (κ1) is 18.0. The summed E-state index contributed by atoms with van der Waals surface area (Å²) in [4.78, 5) is 19.4. The monoisotopic (exact) mass is 374 g/mol. The van der Waals surface area contributed by atoms with Crippen LogP contribution in [0.2, 0.25) is 0 Å². The lowest BCUT2D eigenvalue weighted by Gasteiger charge is -2.35. The quantitative estimate of drug-likeness (QED) is 0.695. The van der Waals surface area contributed by atoms with Crippen molar-refractivity contribution in [2.45, 2.75) is 32.7 Å². The molecule has 2 aromatic carbocycles. The summed E-state index contributed by atoms with van der Waals surface area (Å²) in [5, 5.41) is 19.6. The van der Waals surface area contributed by atoms with Crippen molar-refractivity contribution in [2.24, 2.45) is 0 Å². The molecule has 0 spiro atoms. The Bertz CT molecular complexity index is 1060. The van der Waals surface area contributed by atoms with Gasteiger partial charge in [-0.2, -0.15) is 0 Å². The van der Waals surface area contributed by atoms with Gasteiger partial charge in [-0.1, -0.05) is 12.1 Å². The molecule has 1 aliphatic heterocycles. The molecule has 0 fully saturated rings. The van der Waals surface area contributed by atoms with Crippen molar-refractivity contribution in [2.75, 3.05) is 4.90 Å². The molecule has 28 heavy (non-hydrogen) atoms. The number of phenolic OH excluding ortho intramolecular Hbond substituents is 2. The first-order valence-corrected chi connectivity index (χ1v) is 9.36. The number of hydrogen-bond acceptors (Lipinski definition) is 4. The van der Waals surface area contributed by atoms with Gasteiger partial charge in [-0.3, -0.25) is 9.78 Å². The lowest BCUT2D eigenvalue weighted by atomic mass is 9.92. The highest BCUT2D eigenvalue weighted by molar-refractivity contribution is 6.09. The molecule has 2 N–H and O–H groups in total. The summed E-state index contributed by atoms with van der Waals surface area (Å²) in [6, 6.07) is 14.1. The summed E-state index contributed by atoms with van der Waals surface area (Å²) in [6.07, 6.45) is 3.50. The fourth-order valence-corrected chi connectivity index (χ4v) is 3.83. The van der Waals surface area contributed by atoms with Crippen molar-refractivity contribution in [1.29, 1.82) is 0 Å². The van der Waals surface area contributed by atoms with E-state index in [0.717, 1.165) is 40.9 Å². The molecule has 0 bridgehead atoms. The van der Waals surface area contributed by atoms with Gasteiger partial charge in [0, 0.05) is 29.6 Å². The summed E-state index contributed by atoms with van der Waals surface area (Å²) < 4.78 is 0. The maximum atomic E-state index is 13.2. The second-order valence-electron chi connectivity index (χ2n) is 7.28. The molecule has 4 rings (SSSR count). The van der Waals surface area contributed by atoms with Gasteiger partial charge in [0.2, 0.25) is 0 Å². The molecular formula is C23H22N2O3. The number of hydrogen-bond donors (Lipinski definition) is 2. The van der Waals surface area contributed by atoms with E-state index in [1.54, 1.807) is 11.1 Å². The summed E-state index contributed by atoms with van der Waals surface area (Å²) in [6.45, 7) is 4.04. The van der Waals surface area contributed by atoms with Crippen LogP contribution in [-0.2, 0) is 6.42 Å². The number of benzene rings is 2. The van der Waals surface area contributed by atoms with Gasteiger partial charge < -0.3 is 15.1 Å². The zero-order valence-electron chi connectivity index (χ0n) is 15.9. The number of aromatic hydroxyl groups is 2. The number of fused-ring (bicyclic) bond motifs is 1. The number of amides is 1. The largest absolute Gasteiger partial charge is 0.508 e. The Labute approximate surface area is 163 Å². The van der Waals surface area contributed by atoms with Gasteiger partial charge in [0.1, 0.15) is 11.5 Å². The van der Waals surface area contributed by atoms with Gasteiger partial charge >= 0.3 is 0 Å². The number of nitrogens with zero attached hydrogens (tertiary/aromatic N) is 2. The average molecular weight is 374 g/mol. The van der Waals surface area contributed by atoms with Crippen molar-refractivity contribution in [1.82, 2.24) is 4.98 Å². The van der Waals surface area contributed by atoms with Gasteiger partial charge in [0.25, 0.3) is 5.91 Å². The highest BCUT2D eigenvalue weighted by Crippen LogP contribution is 2.36. The number of aryl methyl sites for hydroxylation is 2. The zero-order chi connectivity index (χ0) is 19.8. The SMILES string of the molecule is Cc1cccnc1-c1ccc2c(c1)CCC(C)N2C(=O)c1ccc(O)cc1O. The first-order valence-electron chi connectivity index (χ1n) is 9.36. The first-order chi connectivity index (χ1) is 13.5. The molecule has 1 amide bonds. The van der Waals surface area contributed by atoms with E-state index in [0.29, 0.717) is 0 Å². The minimum Gasteiger partial charge on any atom is -0.508 e. The Morgan fingerprint density at radius 3 is 2.71 bits per heavy atom. The predicted molar refractivity (Wildman–Crippen MR) is 109 cm³/mol. The molecule has 0 radical (unpaired) electrons. The number of rotatable bonds is 2. The molecule has 1 aromatic heterocycles. The number of pyridine rings is 1. The number of phenols is 2. The van der Waals surface area contributed by atoms with E-state index in [9.17, 15) is 15.0 Å². The van der Waals surface area contributed by atoms with Crippen molar-refractivity contribution in [3.8, 4) is 22.8 Å². The van der Waals surface area contributed by atoms with Gasteiger partial charge in [0.05, 0.1) is 11.3 Å². The molecule has 2 heterocycles. The minimum absolute atomic E-state index is 0.00985. The second-order valence-corrected chi connectivity index (χ2v) is 7.28. The van der Waals surface area contributed by atoms with Gasteiger partial charge in [0.15, 0.2) is 0 Å². The van der Waals surface area contributed by atoms with Crippen molar-refractivity contribution in [3.05, 3.63) is 71.4 Å². The Hall–Kier alpha value is -3.34. The number of carbonyl (C=O) groups is 1. The summed E-state index contributed by atoms with van der Waals surface area (Å²) >= 11 is 0. The van der Waals surface area contributed by atoms with Crippen molar-refractivity contribution >= 4 is 11.6 Å². The summed E-state index contributed by atoms with van der Waals surface area (Å²) in [5.41, 5.74) is 5.21. The smallest absolute Gasteiger partial charge is 0.262 e. The Morgan fingerprint density at radius 1 is 1.14 bits per heavy atom. The van der Waals surface area contributed by atoms with Crippen LogP contribution in [0.3, 0.4) is 0 Å². The van der Waals surface area contributed by atoms with Gasteiger partial charge in [-0.15, -0.1) is 0 Å². The van der Waals surface area contributed by atoms with Crippen LogP contribution in [0.15, 0.2) is 54.7 Å². The van der Waals surface area contributed by atoms with Crippen LogP contribution in [0.25, 0.3) is 11.3 Å². The third-order valence-electron chi connectivity index (χ3n) is 5.32. The Balaban J connectivity index is 1.76. The minimum atomic E-state index is -0.271. The molecular weight excluding hydrogens is 352 g/mol. The normalized spacial score (nSPS) is 15.9. The van der Waals surface area contributed by atoms with E-state index in [1.807, 2.05) is 38.1 Å². The molecule has 0 saturated heterocycles. The third kappa shape index (κ3) is 3.09. The molecule has 1 atom stereocenters. The van der Waals surface area contributed by atoms with Crippen LogP contribution >= 0.6 is 0 Å². The van der Waals surface area contributed by atoms with E-state index in [-0.39, 0.29) is 29.0 Å². The van der Waals surface area contributed by atoms with E-state index in [2.05, 4.69) is 11.1 Å². The summed E-state index contributed by atoms with van der Waals surface area (Å²) in [7, 11) is 0. The predicted octanol–water partition coefficient (Wildman–Crippen LogP) is 4.45. The van der Waals surface area contributed by atoms with Gasteiger partial charge in [-0.25, -0.2) is 0 Å². The molecule has 1 unspecified atom stereocenters. The molecule has 1 aliphatic rings. The van der Waals surface area contributed by atoms with E-state index in [1.165, 1.54) is 18.2 Å². The molecule has 0 saturated carbocycles. The third-order valence-corrected chi connectivity index (χ3v) is 5.32. The Kier molecular flexibility index (Phi) is 4.51. The average Bonchev–Trinajstić information content (AvgIpc) is 2.67. The molecule has 0 aliphatic carbocycles.